The van der Waals surface area contributed by atoms with Crippen molar-refractivity contribution in [1.29, 1.82) is 0 Å². The highest BCUT2D eigenvalue weighted by atomic mass is 15.4. The van der Waals surface area contributed by atoms with E-state index in [1.165, 1.54) is 0 Å². The summed E-state index contributed by atoms with van der Waals surface area (Å²) in [7, 11) is 0. The predicted octanol–water partition coefficient (Wildman–Crippen LogP) is 1.38. The second-order valence-corrected chi connectivity index (χ2v) is 5.12. The molecule has 0 spiro atoms. The van der Waals surface area contributed by atoms with Crippen LogP contribution in [0.5, 0.6) is 0 Å². The van der Waals surface area contributed by atoms with Gasteiger partial charge in [-0.3, -0.25) is 0 Å². The van der Waals surface area contributed by atoms with Gasteiger partial charge in [-0.25, -0.2) is 14.6 Å². The molecule has 0 fully saturated rings. The molecule has 0 aliphatic carbocycles. The maximum absolute atomic E-state index is 5.94. The van der Waals surface area contributed by atoms with Crippen LogP contribution in [0.3, 0.4) is 0 Å². The van der Waals surface area contributed by atoms with Crippen LogP contribution in [0.1, 0.15) is 44.8 Å². The summed E-state index contributed by atoms with van der Waals surface area (Å²) >= 11 is 0. The molecule has 2 heterocycles. The van der Waals surface area contributed by atoms with Gasteiger partial charge in [0.1, 0.15) is 12.2 Å². The minimum Gasteiger partial charge on any atom is -0.330 e. The second kappa shape index (κ2) is 5.97. The summed E-state index contributed by atoms with van der Waals surface area (Å²) in [6, 6.07) is 0.497. The maximum atomic E-state index is 5.94. The molecule has 104 valence electrons. The van der Waals surface area contributed by atoms with Gasteiger partial charge in [0.2, 0.25) is 0 Å². The molecule has 1 atom stereocenters. The van der Waals surface area contributed by atoms with Crippen molar-refractivity contribution < 1.29 is 0 Å². The molecule has 0 bridgehead atoms. The molecule has 6 nitrogen and oxygen atoms in total. The van der Waals surface area contributed by atoms with E-state index in [2.05, 4.69) is 35.8 Å². The Bertz CT molecular complexity index is 513. The third-order valence-electron chi connectivity index (χ3n) is 3.14. The second-order valence-electron chi connectivity index (χ2n) is 5.12. The summed E-state index contributed by atoms with van der Waals surface area (Å²) in [5, 5.41) is 4.23. The highest BCUT2D eigenvalue weighted by molar-refractivity contribution is 5.01. The zero-order valence-electron chi connectivity index (χ0n) is 11.8. The summed E-state index contributed by atoms with van der Waals surface area (Å²) in [5.74, 6) is 0.943. The van der Waals surface area contributed by atoms with Crippen molar-refractivity contribution in [3.05, 3.63) is 30.4 Å². The summed E-state index contributed by atoms with van der Waals surface area (Å²) in [5.41, 5.74) is 6.97. The number of rotatable bonds is 6. The average molecular weight is 262 g/mol. The lowest BCUT2D eigenvalue weighted by molar-refractivity contribution is 0.496. The zero-order chi connectivity index (χ0) is 13.8. The van der Waals surface area contributed by atoms with Crippen molar-refractivity contribution in [2.45, 2.75) is 52.2 Å². The van der Waals surface area contributed by atoms with Gasteiger partial charge >= 0.3 is 0 Å². The van der Waals surface area contributed by atoms with Crippen molar-refractivity contribution in [3.63, 3.8) is 0 Å². The Morgan fingerprint density at radius 2 is 2.11 bits per heavy atom. The molecule has 0 aromatic carbocycles. The normalized spacial score (nSPS) is 13.1. The van der Waals surface area contributed by atoms with Gasteiger partial charge in [0, 0.05) is 24.7 Å². The summed E-state index contributed by atoms with van der Waals surface area (Å²) in [6.07, 6.45) is 7.25. The van der Waals surface area contributed by atoms with Crippen molar-refractivity contribution in [1.82, 2.24) is 24.3 Å². The average Bonchev–Trinajstić information content (AvgIpc) is 2.99. The fraction of sp³-hybridized carbons (Fsp3) is 0.615. The van der Waals surface area contributed by atoms with E-state index in [9.17, 15) is 0 Å². The summed E-state index contributed by atoms with van der Waals surface area (Å²) < 4.78 is 3.96. The Morgan fingerprint density at radius 3 is 2.79 bits per heavy atom. The highest BCUT2D eigenvalue weighted by Gasteiger charge is 2.09. The van der Waals surface area contributed by atoms with Crippen molar-refractivity contribution in [2.75, 3.05) is 0 Å². The molecule has 0 amide bonds. The van der Waals surface area contributed by atoms with Crippen LogP contribution in [0.15, 0.2) is 18.9 Å². The molecule has 1 unspecified atom stereocenters. The molecule has 0 saturated carbocycles. The van der Waals surface area contributed by atoms with Gasteiger partial charge in [-0.2, -0.15) is 5.10 Å². The Labute approximate surface area is 113 Å². The fourth-order valence-corrected chi connectivity index (χ4v) is 1.99. The van der Waals surface area contributed by atoms with Gasteiger partial charge in [-0.05, 0) is 20.3 Å². The largest absolute Gasteiger partial charge is 0.330 e. The van der Waals surface area contributed by atoms with Gasteiger partial charge < -0.3 is 10.3 Å². The van der Waals surface area contributed by atoms with E-state index in [1.54, 1.807) is 6.33 Å². The Balaban J connectivity index is 2.05. The van der Waals surface area contributed by atoms with Crippen LogP contribution in [-0.4, -0.2) is 30.4 Å². The topological polar surface area (TPSA) is 74.6 Å². The molecule has 2 rings (SSSR count). The van der Waals surface area contributed by atoms with E-state index in [-0.39, 0.29) is 6.04 Å². The first kappa shape index (κ1) is 13.7. The number of hydrogen-bond acceptors (Lipinski definition) is 4. The van der Waals surface area contributed by atoms with Gasteiger partial charge in [0.15, 0.2) is 0 Å². The Morgan fingerprint density at radius 1 is 1.32 bits per heavy atom. The third kappa shape index (κ3) is 3.41. The number of aromatic nitrogens is 5. The molecule has 6 heteroatoms. The van der Waals surface area contributed by atoms with Crippen molar-refractivity contribution in [2.24, 2.45) is 5.73 Å². The molecule has 2 aromatic heterocycles. The molecule has 2 aromatic rings. The van der Waals surface area contributed by atoms with Crippen LogP contribution in [0.4, 0.5) is 0 Å². The van der Waals surface area contributed by atoms with Crippen LogP contribution in [-0.2, 0) is 13.0 Å². The lowest BCUT2D eigenvalue weighted by Crippen LogP contribution is -2.21. The smallest absolute Gasteiger partial charge is 0.147 e. The van der Waals surface area contributed by atoms with Gasteiger partial charge in [0.25, 0.3) is 0 Å². The van der Waals surface area contributed by atoms with Crippen LogP contribution >= 0.6 is 0 Å². The molecular formula is C13H22N6. The van der Waals surface area contributed by atoms with E-state index >= 15 is 0 Å². The first-order valence-corrected chi connectivity index (χ1v) is 6.74. The zero-order valence-corrected chi connectivity index (χ0v) is 11.8. The van der Waals surface area contributed by atoms with E-state index in [1.807, 2.05) is 21.8 Å². The molecule has 19 heavy (non-hydrogen) atoms. The minimum atomic E-state index is 0.183. The number of nitrogens with two attached hydrogens (primary N) is 1. The predicted molar refractivity (Wildman–Crippen MR) is 73.7 cm³/mol. The van der Waals surface area contributed by atoms with E-state index < -0.39 is 0 Å². The molecule has 0 saturated heterocycles. The fourth-order valence-electron chi connectivity index (χ4n) is 1.99. The lowest BCUT2D eigenvalue weighted by atomic mass is 10.1. The van der Waals surface area contributed by atoms with Crippen LogP contribution in [0, 0.1) is 0 Å². The standard InChI is InChI=1S/C13H22N6/c1-4-11(14)5-12-6-18(9-16-12)7-13-15-8-17-19(13)10(2)3/h6,8-11H,4-5,7,14H2,1-3H3. The third-order valence-corrected chi connectivity index (χ3v) is 3.14. The molecule has 0 aliphatic heterocycles. The van der Waals surface area contributed by atoms with Crippen LogP contribution in [0.2, 0.25) is 0 Å². The first-order chi connectivity index (χ1) is 9.10. The SMILES string of the molecule is CCC(N)Cc1cn(Cc2ncnn2C(C)C)cn1. The minimum absolute atomic E-state index is 0.183. The quantitative estimate of drug-likeness (QED) is 0.853. The highest BCUT2D eigenvalue weighted by Crippen LogP contribution is 2.08. The van der Waals surface area contributed by atoms with Gasteiger partial charge in [-0.1, -0.05) is 6.92 Å². The van der Waals surface area contributed by atoms with Gasteiger partial charge in [0.05, 0.1) is 18.6 Å². The number of imidazole rings is 1. The lowest BCUT2D eigenvalue weighted by Gasteiger charge is -2.09. The van der Waals surface area contributed by atoms with E-state index in [0.29, 0.717) is 12.6 Å². The van der Waals surface area contributed by atoms with Crippen molar-refractivity contribution in [3.8, 4) is 0 Å². The van der Waals surface area contributed by atoms with E-state index in [0.717, 1.165) is 24.4 Å². The molecule has 0 aliphatic rings. The molecule has 2 N–H and O–H groups in total. The van der Waals surface area contributed by atoms with Crippen molar-refractivity contribution >= 4 is 0 Å². The summed E-state index contributed by atoms with van der Waals surface area (Å²) in [6.45, 7) is 6.97. The Kier molecular flexibility index (Phi) is 4.31. The van der Waals surface area contributed by atoms with Gasteiger partial charge in [-0.15, -0.1) is 0 Å². The van der Waals surface area contributed by atoms with E-state index in [4.69, 9.17) is 5.73 Å². The monoisotopic (exact) mass is 262 g/mol. The first-order valence-electron chi connectivity index (χ1n) is 6.74. The Hall–Kier alpha value is -1.69. The maximum Gasteiger partial charge on any atom is 0.147 e. The van der Waals surface area contributed by atoms with Crippen LogP contribution < -0.4 is 5.73 Å². The molecular weight excluding hydrogens is 240 g/mol. The molecule has 0 radical (unpaired) electrons. The number of nitrogens with zero attached hydrogens (tertiary/aromatic N) is 5. The number of hydrogen-bond donors (Lipinski definition) is 1. The summed E-state index contributed by atoms with van der Waals surface area (Å²) in [4.78, 5) is 8.68. The van der Waals surface area contributed by atoms with Crippen LogP contribution in [0.25, 0.3) is 0 Å².